The van der Waals surface area contributed by atoms with Crippen LogP contribution in [0, 0.1) is 0 Å². The van der Waals surface area contributed by atoms with Gasteiger partial charge in [0.05, 0.1) is 40.6 Å². The summed E-state index contributed by atoms with van der Waals surface area (Å²) in [6.45, 7) is -0.599. The van der Waals surface area contributed by atoms with Gasteiger partial charge in [-0.2, -0.15) is 0 Å². The van der Waals surface area contributed by atoms with Gasteiger partial charge in [-0.3, -0.25) is 24.1 Å². The van der Waals surface area contributed by atoms with E-state index in [1.807, 2.05) is 0 Å². The second-order valence-corrected chi connectivity index (χ2v) is 7.18. The number of rotatable bonds is 5. The van der Waals surface area contributed by atoms with Gasteiger partial charge in [0.1, 0.15) is 5.76 Å². The summed E-state index contributed by atoms with van der Waals surface area (Å²) in [5.74, 6) is -2.55. The van der Waals surface area contributed by atoms with E-state index in [1.165, 1.54) is 36.6 Å². The molecule has 0 fully saturated rings. The molecule has 1 aromatic heterocycles. The Morgan fingerprint density at radius 3 is 2.03 bits per heavy atom. The molecule has 0 atom stereocenters. The van der Waals surface area contributed by atoms with Crippen molar-refractivity contribution in [2.75, 3.05) is 6.73 Å². The van der Waals surface area contributed by atoms with E-state index < -0.39 is 36.3 Å². The van der Waals surface area contributed by atoms with Gasteiger partial charge < -0.3 is 9.15 Å². The van der Waals surface area contributed by atoms with Crippen molar-refractivity contribution in [3.63, 3.8) is 0 Å². The fourth-order valence-corrected chi connectivity index (χ4v) is 3.68. The van der Waals surface area contributed by atoms with Crippen molar-refractivity contribution in [1.82, 2.24) is 9.80 Å². The summed E-state index contributed by atoms with van der Waals surface area (Å²) in [6.07, 6.45) is 1.44. The summed E-state index contributed by atoms with van der Waals surface area (Å²) < 4.78 is 10.3. The average Bonchev–Trinajstić information content (AvgIpc) is 3.47. The number of ether oxygens (including phenoxy) is 1. The van der Waals surface area contributed by atoms with Gasteiger partial charge in [0.15, 0.2) is 6.73 Å². The largest absolute Gasteiger partial charge is 0.467 e. The van der Waals surface area contributed by atoms with Crippen LogP contribution in [0.15, 0.2) is 65.3 Å². The second kappa shape index (κ2) is 7.31. The summed E-state index contributed by atoms with van der Waals surface area (Å²) in [7, 11) is 0. The zero-order valence-corrected chi connectivity index (χ0v) is 16.4. The molecule has 4 amide bonds. The molecular formula is C23H14N2O7. The molecule has 0 bridgehead atoms. The number of amides is 4. The highest BCUT2D eigenvalue weighted by atomic mass is 16.5. The van der Waals surface area contributed by atoms with Crippen molar-refractivity contribution in [2.24, 2.45) is 0 Å². The molecule has 9 nitrogen and oxygen atoms in total. The molecule has 0 aliphatic carbocycles. The van der Waals surface area contributed by atoms with E-state index in [0.29, 0.717) is 5.76 Å². The average molecular weight is 430 g/mol. The van der Waals surface area contributed by atoms with Crippen molar-refractivity contribution in [3.8, 4) is 0 Å². The number of carbonyl (C=O) groups excluding carboxylic acids is 5. The van der Waals surface area contributed by atoms with E-state index in [2.05, 4.69) is 0 Å². The third-order valence-corrected chi connectivity index (χ3v) is 5.30. The molecule has 5 rings (SSSR count). The Morgan fingerprint density at radius 2 is 1.38 bits per heavy atom. The summed E-state index contributed by atoms with van der Waals surface area (Å²) in [6, 6.07) is 13.6. The molecule has 32 heavy (non-hydrogen) atoms. The number of hydrogen-bond donors (Lipinski definition) is 0. The number of carbonyl (C=O) groups is 5. The molecule has 0 radical (unpaired) electrons. The maximum absolute atomic E-state index is 12.7. The van der Waals surface area contributed by atoms with Crippen molar-refractivity contribution in [1.29, 1.82) is 0 Å². The molecule has 3 heterocycles. The summed E-state index contributed by atoms with van der Waals surface area (Å²) in [4.78, 5) is 64.4. The Hall–Kier alpha value is -4.53. The van der Waals surface area contributed by atoms with Crippen LogP contribution in [0.2, 0.25) is 0 Å². The lowest BCUT2D eigenvalue weighted by molar-refractivity contribution is 0.0227. The first-order valence-electron chi connectivity index (χ1n) is 9.60. The molecular weight excluding hydrogens is 416 g/mol. The molecule has 0 N–H and O–H groups in total. The molecule has 3 aromatic rings. The predicted octanol–water partition coefficient (Wildman–Crippen LogP) is 2.49. The van der Waals surface area contributed by atoms with Crippen LogP contribution in [0.3, 0.4) is 0 Å². The highest BCUT2D eigenvalue weighted by molar-refractivity contribution is 6.22. The first-order valence-corrected chi connectivity index (χ1v) is 9.60. The van der Waals surface area contributed by atoms with Crippen LogP contribution >= 0.6 is 0 Å². The molecule has 0 saturated carbocycles. The van der Waals surface area contributed by atoms with Gasteiger partial charge in [-0.05, 0) is 42.5 Å². The molecule has 0 spiro atoms. The Bertz CT molecular complexity index is 1270. The number of esters is 1. The molecule has 0 unspecified atom stereocenters. The van der Waals surface area contributed by atoms with E-state index >= 15 is 0 Å². The van der Waals surface area contributed by atoms with E-state index in [9.17, 15) is 24.0 Å². The second-order valence-electron chi connectivity index (χ2n) is 7.18. The van der Waals surface area contributed by atoms with Crippen LogP contribution in [0.5, 0.6) is 0 Å². The Labute approximate surface area is 180 Å². The summed E-state index contributed by atoms with van der Waals surface area (Å²) in [5.41, 5.74) is 0.732. The van der Waals surface area contributed by atoms with Crippen molar-refractivity contribution in [3.05, 3.63) is 94.4 Å². The van der Waals surface area contributed by atoms with Crippen LogP contribution in [-0.2, 0) is 11.3 Å². The first-order chi connectivity index (χ1) is 15.5. The molecule has 9 heteroatoms. The van der Waals surface area contributed by atoms with Gasteiger partial charge in [0.25, 0.3) is 23.6 Å². The highest BCUT2D eigenvalue weighted by Gasteiger charge is 2.38. The zero-order chi connectivity index (χ0) is 22.4. The van der Waals surface area contributed by atoms with Gasteiger partial charge >= 0.3 is 5.97 Å². The van der Waals surface area contributed by atoms with E-state index in [4.69, 9.17) is 9.15 Å². The number of furan rings is 1. The third-order valence-electron chi connectivity index (χ3n) is 5.30. The van der Waals surface area contributed by atoms with Gasteiger partial charge in [-0.25, -0.2) is 9.69 Å². The molecule has 0 saturated heterocycles. The zero-order valence-electron chi connectivity index (χ0n) is 16.4. The summed E-state index contributed by atoms with van der Waals surface area (Å²) in [5, 5.41) is 0. The number of hydrogen-bond acceptors (Lipinski definition) is 7. The monoisotopic (exact) mass is 430 g/mol. The smallest absolute Gasteiger partial charge is 0.339 e. The van der Waals surface area contributed by atoms with Crippen molar-refractivity contribution < 1.29 is 33.1 Å². The normalized spacial score (nSPS) is 14.8. The maximum atomic E-state index is 12.7. The minimum Gasteiger partial charge on any atom is -0.467 e. The van der Waals surface area contributed by atoms with Gasteiger partial charge in [-0.15, -0.1) is 0 Å². The highest BCUT2D eigenvalue weighted by Crippen LogP contribution is 2.27. The first kappa shape index (κ1) is 19.4. The van der Waals surface area contributed by atoms with Gasteiger partial charge in [0.2, 0.25) is 0 Å². The fourth-order valence-electron chi connectivity index (χ4n) is 3.68. The Balaban J connectivity index is 1.30. The SMILES string of the molecule is O=C(OCN1C(=O)c2ccccc2C1=O)c1ccc2c(c1)C(=O)N(Cc1ccco1)C2=O. The quantitative estimate of drug-likeness (QED) is 0.451. The topological polar surface area (TPSA) is 114 Å². The standard InChI is InChI=1S/C23H14N2O7/c26-19-17-8-7-13(10-18(17)22(29)24(19)11-14-4-3-9-31-14)23(30)32-12-25-20(27)15-5-1-2-6-16(15)21(25)28/h1-10H,11-12H2. The number of nitrogens with zero attached hydrogens (tertiary/aromatic N) is 2. The van der Waals surface area contributed by atoms with Crippen LogP contribution in [0.25, 0.3) is 0 Å². The predicted molar refractivity (Wildman–Crippen MR) is 107 cm³/mol. The minimum absolute atomic E-state index is 0.0151. The lowest BCUT2D eigenvalue weighted by atomic mass is 10.1. The Kier molecular flexibility index (Phi) is 4.44. The lowest BCUT2D eigenvalue weighted by Crippen LogP contribution is -2.33. The molecule has 2 aliphatic heterocycles. The van der Waals surface area contributed by atoms with Gasteiger partial charge in [-0.1, -0.05) is 12.1 Å². The maximum Gasteiger partial charge on any atom is 0.339 e. The van der Waals surface area contributed by atoms with Crippen molar-refractivity contribution in [2.45, 2.75) is 6.54 Å². The van der Waals surface area contributed by atoms with E-state index in [0.717, 1.165) is 9.80 Å². The molecule has 2 aromatic carbocycles. The fraction of sp³-hybridized carbons (Fsp3) is 0.0870. The Morgan fingerprint density at radius 1 is 0.750 bits per heavy atom. The molecule has 2 aliphatic rings. The molecule has 158 valence electrons. The summed E-state index contributed by atoms with van der Waals surface area (Å²) >= 11 is 0. The van der Waals surface area contributed by atoms with E-state index in [-0.39, 0.29) is 34.4 Å². The minimum atomic E-state index is -0.839. The number of imide groups is 2. The van der Waals surface area contributed by atoms with E-state index in [1.54, 1.807) is 24.3 Å². The number of benzene rings is 2. The third kappa shape index (κ3) is 2.99. The lowest BCUT2D eigenvalue weighted by Gasteiger charge is -2.14. The number of fused-ring (bicyclic) bond motifs is 2. The van der Waals surface area contributed by atoms with Crippen LogP contribution in [0.4, 0.5) is 0 Å². The van der Waals surface area contributed by atoms with Crippen LogP contribution < -0.4 is 0 Å². The van der Waals surface area contributed by atoms with Crippen LogP contribution in [-0.4, -0.2) is 46.1 Å². The van der Waals surface area contributed by atoms with Gasteiger partial charge in [0, 0.05) is 0 Å². The van der Waals surface area contributed by atoms with Crippen molar-refractivity contribution >= 4 is 29.6 Å². The van der Waals surface area contributed by atoms with Crippen LogP contribution in [0.1, 0.15) is 57.6 Å².